The van der Waals surface area contributed by atoms with E-state index in [0.717, 1.165) is 6.20 Å². The van der Waals surface area contributed by atoms with E-state index in [1.165, 1.54) is 6.07 Å². The second-order valence-electron chi connectivity index (χ2n) is 4.40. The lowest BCUT2D eigenvalue weighted by Gasteiger charge is -2.26. The van der Waals surface area contributed by atoms with Crippen LogP contribution in [0.2, 0.25) is 0 Å². The Morgan fingerprint density at radius 3 is 2.83 bits per heavy atom. The molecule has 0 fully saturated rings. The van der Waals surface area contributed by atoms with Gasteiger partial charge in [0.2, 0.25) is 0 Å². The number of nitriles is 1. The lowest BCUT2D eigenvalue weighted by molar-refractivity contribution is -0.385. The molecule has 0 spiro atoms. The van der Waals surface area contributed by atoms with Gasteiger partial charge in [0.15, 0.2) is 0 Å². The van der Waals surface area contributed by atoms with E-state index >= 15 is 0 Å². The van der Waals surface area contributed by atoms with Gasteiger partial charge in [-0.05, 0) is 13.8 Å². The summed E-state index contributed by atoms with van der Waals surface area (Å²) in [5, 5.41) is 22.6. The Bertz CT molecular complexity index is 494. The van der Waals surface area contributed by atoms with Crippen LogP contribution in [0.3, 0.4) is 0 Å². The molecule has 0 atom stereocenters. The van der Waals surface area contributed by atoms with Crippen LogP contribution in [0.25, 0.3) is 0 Å². The number of methoxy groups -OCH3 is 1. The van der Waals surface area contributed by atoms with Crippen LogP contribution < -0.4 is 5.32 Å². The third kappa shape index (κ3) is 3.40. The Hall–Kier alpha value is -2.20. The summed E-state index contributed by atoms with van der Waals surface area (Å²) in [5.41, 5.74) is -0.501. The summed E-state index contributed by atoms with van der Waals surface area (Å²) in [6.45, 7) is 4.16. The summed E-state index contributed by atoms with van der Waals surface area (Å²) in [7, 11) is 1.57. The lowest BCUT2D eigenvalue weighted by Crippen LogP contribution is -2.36. The molecule has 7 nitrogen and oxygen atoms in total. The molecule has 0 radical (unpaired) electrons. The highest BCUT2D eigenvalue weighted by molar-refractivity contribution is 5.56. The van der Waals surface area contributed by atoms with Gasteiger partial charge >= 0.3 is 0 Å². The van der Waals surface area contributed by atoms with E-state index in [1.54, 1.807) is 7.11 Å². The van der Waals surface area contributed by atoms with Crippen molar-refractivity contribution in [2.75, 3.05) is 19.0 Å². The molecular weight excluding hydrogens is 236 g/mol. The van der Waals surface area contributed by atoms with Gasteiger partial charge in [-0.3, -0.25) is 10.1 Å². The van der Waals surface area contributed by atoms with Crippen LogP contribution in [0.4, 0.5) is 11.5 Å². The van der Waals surface area contributed by atoms with Gasteiger partial charge in [-0.2, -0.15) is 5.26 Å². The molecule has 0 amide bonds. The zero-order valence-electron chi connectivity index (χ0n) is 10.4. The first-order chi connectivity index (χ1) is 8.39. The third-order valence-corrected chi connectivity index (χ3v) is 2.17. The van der Waals surface area contributed by atoms with Crippen molar-refractivity contribution in [2.45, 2.75) is 19.4 Å². The molecule has 0 saturated carbocycles. The predicted molar refractivity (Wildman–Crippen MR) is 65.2 cm³/mol. The number of anilines is 1. The van der Waals surface area contributed by atoms with Gasteiger partial charge in [0.05, 0.1) is 17.1 Å². The van der Waals surface area contributed by atoms with E-state index in [4.69, 9.17) is 10.00 Å². The highest BCUT2D eigenvalue weighted by Gasteiger charge is 2.21. The molecule has 1 heterocycles. The Labute approximate surface area is 105 Å². The van der Waals surface area contributed by atoms with Crippen LogP contribution in [-0.4, -0.2) is 29.2 Å². The number of pyridine rings is 1. The van der Waals surface area contributed by atoms with Gasteiger partial charge in [0.1, 0.15) is 23.6 Å². The van der Waals surface area contributed by atoms with Crippen molar-refractivity contribution in [3.8, 4) is 6.07 Å². The molecule has 0 unspecified atom stereocenters. The van der Waals surface area contributed by atoms with Crippen LogP contribution in [0, 0.1) is 21.4 Å². The van der Waals surface area contributed by atoms with Gasteiger partial charge in [0, 0.05) is 13.2 Å². The molecule has 0 saturated heterocycles. The summed E-state index contributed by atoms with van der Waals surface area (Å²) >= 11 is 0. The summed E-state index contributed by atoms with van der Waals surface area (Å²) < 4.78 is 5.03. The number of hydrogen-bond acceptors (Lipinski definition) is 6. The van der Waals surface area contributed by atoms with Gasteiger partial charge in [0.25, 0.3) is 5.69 Å². The van der Waals surface area contributed by atoms with Gasteiger partial charge < -0.3 is 10.1 Å². The quantitative estimate of drug-likeness (QED) is 0.630. The molecule has 0 aromatic carbocycles. The van der Waals surface area contributed by atoms with E-state index in [0.29, 0.717) is 12.4 Å². The second-order valence-corrected chi connectivity index (χ2v) is 4.40. The maximum atomic E-state index is 10.6. The minimum atomic E-state index is -0.585. The van der Waals surface area contributed by atoms with Crippen LogP contribution in [0.15, 0.2) is 12.3 Å². The molecule has 1 aromatic rings. The van der Waals surface area contributed by atoms with Crippen molar-refractivity contribution in [2.24, 2.45) is 0 Å². The van der Waals surface area contributed by atoms with Crippen molar-refractivity contribution >= 4 is 11.5 Å². The van der Waals surface area contributed by atoms with Crippen molar-refractivity contribution in [1.82, 2.24) is 4.98 Å². The molecule has 0 bridgehead atoms. The number of nitrogens with one attached hydrogen (secondary N) is 1. The molecule has 0 aliphatic carbocycles. The number of rotatable bonds is 5. The first kappa shape index (κ1) is 13.9. The summed E-state index contributed by atoms with van der Waals surface area (Å²) in [5.74, 6) is 0.310. The van der Waals surface area contributed by atoms with Gasteiger partial charge in [-0.1, -0.05) is 0 Å². The standard InChI is InChI=1S/C11H14N4O3/c1-11(2,7-18-3)14-10-8(5-12)4-9(6-13-10)15(16)17/h4,6H,7H2,1-3H3,(H,13,14). The Kier molecular flexibility index (Phi) is 4.18. The summed E-state index contributed by atoms with van der Waals surface area (Å²) in [6.07, 6.45) is 1.12. The molecule has 1 aromatic heterocycles. The van der Waals surface area contributed by atoms with Crippen molar-refractivity contribution in [3.63, 3.8) is 0 Å². The van der Waals surface area contributed by atoms with Gasteiger partial charge in [-0.15, -0.1) is 0 Å². The first-order valence-corrected chi connectivity index (χ1v) is 5.21. The first-order valence-electron chi connectivity index (χ1n) is 5.21. The number of hydrogen-bond donors (Lipinski definition) is 1. The maximum Gasteiger partial charge on any atom is 0.289 e. The molecule has 96 valence electrons. The molecule has 1 rings (SSSR count). The highest BCUT2D eigenvalue weighted by atomic mass is 16.6. The molecule has 18 heavy (non-hydrogen) atoms. The number of nitrogens with zero attached hydrogens (tertiary/aromatic N) is 3. The smallest absolute Gasteiger partial charge is 0.289 e. The third-order valence-electron chi connectivity index (χ3n) is 2.17. The number of ether oxygens (including phenoxy) is 1. The molecular formula is C11H14N4O3. The van der Waals surface area contributed by atoms with Gasteiger partial charge in [-0.25, -0.2) is 4.98 Å². The maximum absolute atomic E-state index is 10.6. The molecule has 0 aliphatic rings. The van der Waals surface area contributed by atoms with E-state index in [1.807, 2.05) is 19.9 Å². The topological polar surface area (TPSA) is 101 Å². The SMILES string of the molecule is COCC(C)(C)Nc1ncc([N+](=O)[O-])cc1C#N. The normalized spacial score (nSPS) is 10.8. The highest BCUT2D eigenvalue weighted by Crippen LogP contribution is 2.21. The van der Waals surface area contributed by atoms with Crippen LogP contribution in [0.5, 0.6) is 0 Å². The largest absolute Gasteiger partial charge is 0.382 e. The van der Waals surface area contributed by atoms with Crippen molar-refractivity contribution in [3.05, 3.63) is 27.9 Å². The van der Waals surface area contributed by atoms with Crippen molar-refractivity contribution in [1.29, 1.82) is 5.26 Å². The van der Waals surface area contributed by atoms with Crippen LogP contribution in [-0.2, 0) is 4.74 Å². The van der Waals surface area contributed by atoms with Crippen molar-refractivity contribution < 1.29 is 9.66 Å². The van der Waals surface area contributed by atoms with E-state index in [-0.39, 0.29) is 11.3 Å². The second kappa shape index (κ2) is 5.42. The predicted octanol–water partition coefficient (Wildman–Crippen LogP) is 1.70. The average Bonchev–Trinajstić information content (AvgIpc) is 2.28. The Morgan fingerprint density at radius 1 is 1.67 bits per heavy atom. The number of nitro groups is 1. The Balaban J connectivity index is 3.04. The average molecular weight is 250 g/mol. The molecule has 0 aliphatic heterocycles. The monoisotopic (exact) mass is 250 g/mol. The summed E-state index contributed by atoms with van der Waals surface area (Å²) in [4.78, 5) is 13.9. The zero-order chi connectivity index (χ0) is 13.8. The fourth-order valence-electron chi connectivity index (χ4n) is 1.46. The number of aromatic nitrogens is 1. The lowest BCUT2D eigenvalue weighted by atomic mass is 10.1. The Morgan fingerprint density at radius 2 is 2.33 bits per heavy atom. The van der Waals surface area contributed by atoms with E-state index in [9.17, 15) is 10.1 Å². The fraction of sp³-hybridized carbons (Fsp3) is 0.455. The molecule has 7 heteroatoms. The van der Waals surface area contributed by atoms with Crippen LogP contribution >= 0.6 is 0 Å². The van der Waals surface area contributed by atoms with E-state index < -0.39 is 10.5 Å². The van der Waals surface area contributed by atoms with Crippen LogP contribution in [0.1, 0.15) is 19.4 Å². The fourth-order valence-corrected chi connectivity index (χ4v) is 1.46. The zero-order valence-corrected chi connectivity index (χ0v) is 10.4. The van der Waals surface area contributed by atoms with E-state index in [2.05, 4.69) is 10.3 Å². The minimum absolute atomic E-state index is 0.133. The minimum Gasteiger partial charge on any atom is -0.382 e. The summed E-state index contributed by atoms with van der Waals surface area (Å²) in [6, 6.07) is 3.08. The molecule has 1 N–H and O–H groups in total.